The van der Waals surface area contributed by atoms with Crippen LogP contribution in [0.15, 0.2) is 41.0 Å². The van der Waals surface area contributed by atoms with Crippen LogP contribution in [0.25, 0.3) is 10.9 Å². The molecule has 0 bridgehead atoms. The third-order valence-corrected chi connectivity index (χ3v) is 5.73. The van der Waals surface area contributed by atoms with E-state index in [1.165, 1.54) is 5.56 Å². The van der Waals surface area contributed by atoms with Gasteiger partial charge in [0, 0.05) is 36.0 Å². The van der Waals surface area contributed by atoms with Crippen molar-refractivity contribution in [2.75, 3.05) is 50.0 Å². The molecule has 0 aliphatic carbocycles. The SMILES string of the molecule is Cc1nc(NC(C)c2cccc(Br)c2)c2cc(NCCN3CCOCC3)ncc2n1. The number of aryl methyl sites for hydroxylation is 1. The maximum atomic E-state index is 5.41. The molecule has 0 saturated carbocycles. The van der Waals surface area contributed by atoms with Crippen LogP contribution in [0.1, 0.15) is 24.4 Å². The van der Waals surface area contributed by atoms with Gasteiger partial charge in [0.2, 0.25) is 0 Å². The number of fused-ring (bicyclic) bond motifs is 1. The Hall–Kier alpha value is -2.29. The van der Waals surface area contributed by atoms with E-state index in [9.17, 15) is 0 Å². The van der Waals surface area contributed by atoms with E-state index < -0.39 is 0 Å². The summed E-state index contributed by atoms with van der Waals surface area (Å²) in [7, 11) is 0. The fraction of sp³-hybridized carbons (Fsp3) is 0.409. The summed E-state index contributed by atoms with van der Waals surface area (Å²) >= 11 is 3.55. The van der Waals surface area contributed by atoms with Crippen molar-refractivity contribution in [1.82, 2.24) is 19.9 Å². The van der Waals surface area contributed by atoms with Gasteiger partial charge in [-0.2, -0.15) is 0 Å². The van der Waals surface area contributed by atoms with Gasteiger partial charge in [0.1, 0.15) is 17.5 Å². The number of nitrogens with zero attached hydrogens (tertiary/aromatic N) is 4. The lowest BCUT2D eigenvalue weighted by Crippen LogP contribution is -2.39. The van der Waals surface area contributed by atoms with Gasteiger partial charge in [-0.25, -0.2) is 15.0 Å². The minimum absolute atomic E-state index is 0.103. The van der Waals surface area contributed by atoms with Crippen molar-refractivity contribution in [2.24, 2.45) is 0 Å². The van der Waals surface area contributed by atoms with Crippen LogP contribution >= 0.6 is 15.9 Å². The maximum absolute atomic E-state index is 5.41. The van der Waals surface area contributed by atoms with Gasteiger partial charge < -0.3 is 15.4 Å². The first-order valence-electron chi connectivity index (χ1n) is 10.3. The smallest absolute Gasteiger partial charge is 0.138 e. The largest absolute Gasteiger partial charge is 0.379 e. The lowest BCUT2D eigenvalue weighted by Gasteiger charge is -2.26. The molecule has 2 aromatic heterocycles. The zero-order valence-electron chi connectivity index (χ0n) is 17.4. The molecule has 1 unspecified atom stereocenters. The normalized spacial score (nSPS) is 15.8. The Morgan fingerprint density at radius 3 is 2.83 bits per heavy atom. The van der Waals surface area contributed by atoms with Crippen LogP contribution in [0.5, 0.6) is 0 Å². The molecule has 0 spiro atoms. The van der Waals surface area contributed by atoms with Gasteiger partial charge in [-0.3, -0.25) is 4.90 Å². The van der Waals surface area contributed by atoms with Crippen molar-refractivity contribution in [3.05, 3.63) is 52.4 Å². The highest BCUT2D eigenvalue weighted by Crippen LogP contribution is 2.27. The van der Waals surface area contributed by atoms with Gasteiger partial charge in [0.25, 0.3) is 0 Å². The molecule has 158 valence electrons. The molecule has 3 aromatic rings. The Bertz CT molecular complexity index is 1010. The number of rotatable bonds is 7. The van der Waals surface area contributed by atoms with Crippen molar-refractivity contribution < 1.29 is 4.74 Å². The van der Waals surface area contributed by atoms with Crippen LogP contribution in [-0.4, -0.2) is 59.2 Å². The highest BCUT2D eigenvalue weighted by molar-refractivity contribution is 9.10. The van der Waals surface area contributed by atoms with Crippen molar-refractivity contribution in [1.29, 1.82) is 0 Å². The summed E-state index contributed by atoms with van der Waals surface area (Å²) in [6.45, 7) is 9.45. The molecule has 0 amide bonds. The van der Waals surface area contributed by atoms with Crippen molar-refractivity contribution in [2.45, 2.75) is 19.9 Å². The topological polar surface area (TPSA) is 75.2 Å². The Morgan fingerprint density at radius 1 is 1.20 bits per heavy atom. The quantitative estimate of drug-likeness (QED) is 0.539. The summed E-state index contributed by atoms with van der Waals surface area (Å²) < 4.78 is 6.47. The van der Waals surface area contributed by atoms with E-state index in [0.29, 0.717) is 0 Å². The average molecular weight is 471 g/mol. The fourth-order valence-corrected chi connectivity index (χ4v) is 4.00. The summed E-state index contributed by atoms with van der Waals surface area (Å²) in [4.78, 5) is 16.2. The highest BCUT2D eigenvalue weighted by atomic mass is 79.9. The predicted molar refractivity (Wildman–Crippen MR) is 124 cm³/mol. The van der Waals surface area contributed by atoms with Crippen LogP contribution in [0.2, 0.25) is 0 Å². The Morgan fingerprint density at radius 2 is 2.03 bits per heavy atom. The van der Waals surface area contributed by atoms with Gasteiger partial charge in [0.15, 0.2) is 0 Å². The van der Waals surface area contributed by atoms with Crippen molar-refractivity contribution >= 4 is 38.5 Å². The molecule has 4 rings (SSSR count). The minimum Gasteiger partial charge on any atom is -0.379 e. The van der Waals surface area contributed by atoms with E-state index in [2.05, 4.69) is 65.5 Å². The second-order valence-electron chi connectivity index (χ2n) is 7.51. The molecule has 30 heavy (non-hydrogen) atoms. The number of morpholine rings is 1. The Balaban J connectivity index is 1.51. The second kappa shape index (κ2) is 9.68. The Kier molecular flexibility index (Phi) is 6.76. The van der Waals surface area contributed by atoms with E-state index >= 15 is 0 Å². The number of aromatic nitrogens is 3. The first-order valence-corrected chi connectivity index (χ1v) is 11.1. The summed E-state index contributed by atoms with van der Waals surface area (Å²) in [6, 6.07) is 10.4. The number of anilines is 2. The molecule has 1 aromatic carbocycles. The Labute approximate surface area is 185 Å². The first kappa shape index (κ1) is 21.0. The third kappa shape index (κ3) is 5.24. The molecule has 0 radical (unpaired) electrons. The van der Waals surface area contributed by atoms with Gasteiger partial charge in [-0.1, -0.05) is 28.1 Å². The highest BCUT2D eigenvalue weighted by Gasteiger charge is 2.13. The number of nitrogens with one attached hydrogen (secondary N) is 2. The molecule has 1 fully saturated rings. The van der Waals surface area contributed by atoms with Gasteiger partial charge in [0.05, 0.1) is 31.0 Å². The van der Waals surface area contributed by atoms with Crippen molar-refractivity contribution in [3.63, 3.8) is 0 Å². The summed E-state index contributed by atoms with van der Waals surface area (Å²) in [6.07, 6.45) is 1.82. The van der Waals surface area contributed by atoms with E-state index in [1.807, 2.05) is 31.3 Å². The van der Waals surface area contributed by atoms with Crippen LogP contribution in [0.3, 0.4) is 0 Å². The number of benzene rings is 1. The number of ether oxygens (including phenoxy) is 1. The number of pyridine rings is 1. The molecule has 2 N–H and O–H groups in total. The number of hydrogen-bond acceptors (Lipinski definition) is 7. The summed E-state index contributed by atoms with van der Waals surface area (Å²) in [5.41, 5.74) is 2.02. The fourth-order valence-electron chi connectivity index (χ4n) is 3.59. The lowest BCUT2D eigenvalue weighted by molar-refractivity contribution is 0.0398. The number of halogens is 1. The van der Waals surface area contributed by atoms with E-state index in [0.717, 1.165) is 72.2 Å². The zero-order chi connectivity index (χ0) is 20.9. The van der Waals surface area contributed by atoms with E-state index in [1.54, 1.807) is 0 Å². The van der Waals surface area contributed by atoms with E-state index in [-0.39, 0.29) is 6.04 Å². The first-order chi connectivity index (χ1) is 14.6. The maximum Gasteiger partial charge on any atom is 0.138 e. The molecule has 1 atom stereocenters. The van der Waals surface area contributed by atoms with Gasteiger partial charge >= 0.3 is 0 Å². The number of hydrogen-bond donors (Lipinski definition) is 2. The molecule has 1 aliphatic heterocycles. The van der Waals surface area contributed by atoms with E-state index in [4.69, 9.17) is 4.74 Å². The minimum atomic E-state index is 0.103. The van der Waals surface area contributed by atoms with Crippen LogP contribution < -0.4 is 10.6 Å². The molecular weight excluding hydrogens is 444 g/mol. The molecule has 7 nitrogen and oxygen atoms in total. The van der Waals surface area contributed by atoms with Crippen LogP contribution in [-0.2, 0) is 4.74 Å². The third-order valence-electron chi connectivity index (χ3n) is 5.23. The molecule has 1 saturated heterocycles. The van der Waals surface area contributed by atoms with Crippen LogP contribution in [0, 0.1) is 6.92 Å². The summed E-state index contributed by atoms with van der Waals surface area (Å²) in [5.74, 6) is 2.38. The predicted octanol–water partition coefficient (Wildman–Crippen LogP) is 4.01. The van der Waals surface area contributed by atoms with Gasteiger partial charge in [-0.05, 0) is 37.6 Å². The molecular formula is C22H27BrN6O. The zero-order valence-corrected chi connectivity index (χ0v) is 18.9. The second-order valence-corrected chi connectivity index (χ2v) is 8.42. The summed E-state index contributed by atoms with van der Waals surface area (Å²) in [5, 5.41) is 7.95. The molecule has 3 heterocycles. The van der Waals surface area contributed by atoms with Crippen molar-refractivity contribution in [3.8, 4) is 0 Å². The standard InChI is InChI=1S/C22H27BrN6O/c1-15(17-4-3-5-18(23)12-17)26-22-19-13-21(25-14-20(19)27-16(2)28-22)24-6-7-29-8-10-30-11-9-29/h3-5,12-15H,6-11H2,1-2H3,(H,24,25)(H,26,27,28). The van der Waals surface area contributed by atoms with Crippen LogP contribution in [0.4, 0.5) is 11.6 Å². The monoisotopic (exact) mass is 470 g/mol. The molecule has 8 heteroatoms. The van der Waals surface area contributed by atoms with Gasteiger partial charge in [-0.15, -0.1) is 0 Å². The molecule has 1 aliphatic rings. The average Bonchev–Trinajstić information content (AvgIpc) is 2.75. The lowest BCUT2D eigenvalue weighted by atomic mass is 10.1.